The van der Waals surface area contributed by atoms with Gasteiger partial charge >= 0.3 is 5.97 Å². The summed E-state index contributed by atoms with van der Waals surface area (Å²) < 4.78 is 16.5. The van der Waals surface area contributed by atoms with Gasteiger partial charge in [-0.2, -0.15) is 0 Å². The van der Waals surface area contributed by atoms with Crippen molar-refractivity contribution in [1.29, 1.82) is 0 Å². The van der Waals surface area contributed by atoms with E-state index in [-0.39, 0.29) is 13.2 Å². The predicted molar refractivity (Wildman–Crippen MR) is 108 cm³/mol. The van der Waals surface area contributed by atoms with Gasteiger partial charge in [-0.1, -0.05) is 91.0 Å². The third kappa shape index (κ3) is 4.47. The number of ether oxygens (including phenoxy) is 3. The zero-order valence-corrected chi connectivity index (χ0v) is 15.9. The van der Waals surface area contributed by atoms with Gasteiger partial charge < -0.3 is 14.2 Å². The van der Waals surface area contributed by atoms with E-state index in [0.29, 0.717) is 6.61 Å². The summed E-state index contributed by atoms with van der Waals surface area (Å²) in [5, 5.41) is 0. The minimum absolute atomic E-state index is 0.0884. The lowest BCUT2D eigenvalue weighted by Gasteiger charge is -2.36. The molecule has 0 amide bonds. The molecular weight excluding hydrogens is 352 g/mol. The van der Waals surface area contributed by atoms with Crippen molar-refractivity contribution in [2.45, 2.75) is 5.60 Å². The van der Waals surface area contributed by atoms with E-state index in [4.69, 9.17) is 9.47 Å². The minimum Gasteiger partial charge on any atom is -0.467 e. The lowest BCUT2D eigenvalue weighted by Crippen LogP contribution is -2.34. The van der Waals surface area contributed by atoms with Gasteiger partial charge in [-0.25, -0.2) is 4.79 Å². The molecular formula is C24H24O4. The van der Waals surface area contributed by atoms with Crippen molar-refractivity contribution >= 4 is 5.97 Å². The van der Waals surface area contributed by atoms with Crippen LogP contribution in [-0.4, -0.2) is 32.9 Å². The Hall–Kier alpha value is -2.95. The van der Waals surface area contributed by atoms with E-state index in [2.05, 4.69) is 41.1 Å². The molecule has 0 fully saturated rings. The fourth-order valence-corrected chi connectivity index (χ4v) is 3.24. The van der Waals surface area contributed by atoms with Crippen molar-refractivity contribution in [3.05, 3.63) is 108 Å². The first-order valence-electron chi connectivity index (χ1n) is 9.22. The Bertz CT molecular complexity index is 751. The van der Waals surface area contributed by atoms with E-state index in [1.54, 1.807) is 0 Å². The van der Waals surface area contributed by atoms with Gasteiger partial charge in [0.05, 0.1) is 20.3 Å². The molecule has 0 spiro atoms. The standard InChI is InChI=1S/C24H24O4/c1-26-23(25)19-27-17-18-28-24(20-11-5-2-6-12-20,21-13-7-3-8-14-21)22-15-9-4-10-16-22/h2-16H,17-19H2,1H3. The van der Waals surface area contributed by atoms with E-state index in [1.807, 2.05) is 54.6 Å². The van der Waals surface area contributed by atoms with E-state index in [0.717, 1.165) is 16.7 Å². The highest BCUT2D eigenvalue weighted by Crippen LogP contribution is 2.40. The number of methoxy groups -OCH3 is 1. The van der Waals surface area contributed by atoms with Gasteiger partial charge in [-0.05, 0) is 16.7 Å². The second-order valence-electron chi connectivity index (χ2n) is 6.26. The summed E-state index contributed by atoms with van der Waals surface area (Å²) in [6.45, 7) is 0.508. The molecule has 4 nitrogen and oxygen atoms in total. The molecule has 0 aliphatic rings. The molecule has 3 aromatic rings. The number of esters is 1. The molecule has 0 unspecified atom stereocenters. The van der Waals surface area contributed by atoms with Crippen molar-refractivity contribution in [3.63, 3.8) is 0 Å². The number of rotatable bonds is 9. The van der Waals surface area contributed by atoms with Gasteiger partial charge in [-0.3, -0.25) is 0 Å². The van der Waals surface area contributed by atoms with Crippen LogP contribution in [0.25, 0.3) is 0 Å². The molecule has 0 atom stereocenters. The van der Waals surface area contributed by atoms with Crippen molar-refractivity contribution < 1.29 is 19.0 Å². The summed E-state index contributed by atoms with van der Waals surface area (Å²) in [6.07, 6.45) is 0. The summed E-state index contributed by atoms with van der Waals surface area (Å²) in [6, 6.07) is 30.4. The molecule has 0 heterocycles. The molecule has 0 aliphatic carbocycles. The van der Waals surface area contributed by atoms with Crippen LogP contribution in [0.4, 0.5) is 0 Å². The van der Waals surface area contributed by atoms with Crippen LogP contribution in [0.3, 0.4) is 0 Å². The van der Waals surface area contributed by atoms with Crippen molar-refractivity contribution in [2.24, 2.45) is 0 Å². The topological polar surface area (TPSA) is 44.8 Å². The summed E-state index contributed by atoms with van der Waals surface area (Å²) >= 11 is 0. The fraction of sp³-hybridized carbons (Fsp3) is 0.208. The Morgan fingerprint density at radius 3 is 1.54 bits per heavy atom. The van der Waals surface area contributed by atoms with Gasteiger partial charge in [-0.15, -0.1) is 0 Å². The molecule has 0 N–H and O–H groups in total. The average Bonchev–Trinajstić information content (AvgIpc) is 2.78. The summed E-state index contributed by atoms with van der Waals surface area (Å²) in [7, 11) is 1.34. The van der Waals surface area contributed by atoms with Crippen LogP contribution in [0.5, 0.6) is 0 Å². The molecule has 4 heteroatoms. The van der Waals surface area contributed by atoms with Crippen LogP contribution in [0.1, 0.15) is 16.7 Å². The van der Waals surface area contributed by atoms with Crippen LogP contribution in [0.15, 0.2) is 91.0 Å². The second-order valence-corrected chi connectivity index (χ2v) is 6.26. The third-order valence-corrected chi connectivity index (χ3v) is 4.53. The molecule has 0 saturated carbocycles. The lowest BCUT2D eigenvalue weighted by molar-refractivity contribution is -0.146. The number of carbonyl (C=O) groups excluding carboxylic acids is 1. The molecule has 144 valence electrons. The molecule has 0 radical (unpaired) electrons. The van der Waals surface area contributed by atoms with Gasteiger partial charge in [0.15, 0.2) is 0 Å². The third-order valence-electron chi connectivity index (χ3n) is 4.53. The number of hydrogen-bond donors (Lipinski definition) is 0. The Morgan fingerprint density at radius 1 is 0.714 bits per heavy atom. The number of carbonyl (C=O) groups is 1. The van der Waals surface area contributed by atoms with Gasteiger partial charge in [0.2, 0.25) is 0 Å². The highest BCUT2D eigenvalue weighted by atomic mass is 16.6. The van der Waals surface area contributed by atoms with Crippen LogP contribution in [0.2, 0.25) is 0 Å². The van der Waals surface area contributed by atoms with E-state index >= 15 is 0 Å². The molecule has 3 aromatic carbocycles. The Kier molecular flexibility index (Phi) is 6.95. The maximum Gasteiger partial charge on any atom is 0.331 e. The molecule has 0 aliphatic heterocycles. The van der Waals surface area contributed by atoms with E-state index in [9.17, 15) is 4.79 Å². The number of benzene rings is 3. The van der Waals surface area contributed by atoms with E-state index < -0.39 is 11.6 Å². The van der Waals surface area contributed by atoms with E-state index in [1.165, 1.54) is 7.11 Å². The van der Waals surface area contributed by atoms with Crippen molar-refractivity contribution in [2.75, 3.05) is 26.9 Å². The van der Waals surface area contributed by atoms with Gasteiger partial charge in [0.25, 0.3) is 0 Å². The molecule has 3 rings (SSSR count). The Balaban J connectivity index is 1.96. The second kappa shape index (κ2) is 9.83. The summed E-state index contributed by atoms with van der Waals surface area (Å²) in [5.74, 6) is -0.402. The molecule has 28 heavy (non-hydrogen) atoms. The molecule has 0 bridgehead atoms. The monoisotopic (exact) mass is 376 g/mol. The quantitative estimate of drug-likeness (QED) is 0.319. The van der Waals surface area contributed by atoms with Crippen molar-refractivity contribution in [1.82, 2.24) is 0 Å². The Morgan fingerprint density at radius 2 is 1.14 bits per heavy atom. The molecule has 0 saturated heterocycles. The summed E-state index contributed by atoms with van der Waals surface area (Å²) in [5.41, 5.74) is 2.30. The zero-order chi connectivity index (χ0) is 19.7. The first-order valence-corrected chi connectivity index (χ1v) is 9.22. The highest BCUT2D eigenvalue weighted by Gasteiger charge is 2.37. The van der Waals surface area contributed by atoms with Crippen LogP contribution >= 0.6 is 0 Å². The van der Waals surface area contributed by atoms with Crippen LogP contribution in [-0.2, 0) is 24.6 Å². The first-order chi connectivity index (χ1) is 13.8. The minimum atomic E-state index is -0.779. The van der Waals surface area contributed by atoms with Crippen molar-refractivity contribution in [3.8, 4) is 0 Å². The smallest absolute Gasteiger partial charge is 0.331 e. The normalized spacial score (nSPS) is 11.2. The van der Waals surface area contributed by atoms with Crippen LogP contribution in [0, 0.1) is 0 Å². The fourth-order valence-electron chi connectivity index (χ4n) is 3.24. The highest BCUT2D eigenvalue weighted by molar-refractivity contribution is 5.70. The molecule has 0 aromatic heterocycles. The Labute approximate surface area is 165 Å². The first kappa shape index (κ1) is 19.8. The average molecular weight is 376 g/mol. The SMILES string of the molecule is COC(=O)COCCOC(c1ccccc1)(c1ccccc1)c1ccccc1. The van der Waals surface area contributed by atoms with Crippen LogP contribution < -0.4 is 0 Å². The van der Waals surface area contributed by atoms with Gasteiger partial charge in [0, 0.05) is 0 Å². The maximum absolute atomic E-state index is 11.2. The largest absolute Gasteiger partial charge is 0.467 e. The lowest BCUT2D eigenvalue weighted by atomic mass is 9.80. The predicted octanol–water partition coefficient (Wildman–Crippen LogP) is 4.18. The summed E-state index contributed by atoms with van der Waals surface area (Å²) in [4.78, 5) is 11.2. The van der Waals surface area contributed by atoms with Gasteiger partial charge in [0.1, 0.15) is 12.2 Å². The number of hydrogen-bond acceptors (Lipinski definition) is 4. The zero-order valence-electron chi connectivity index (χ0n) is 15.9. The maximum atomic E-state index is 11.2.